The molecule has 29 heavy (non-hydrogen) atoms. The van der Waals surface area contributed by atoms with Crippen molar-refractivity contribution in [3.05, 3.63) is 64.7 Å². The Morgan fingerprint density at radius 3 is 2.69 bits per heavy atom. The van der Waals surface area contributed by atoms with Crippen LogP contribution in [0.25, 0.3) is 11.5 Å². The van der Waals surface area contributed by atoms with Gasteiger partial charge in [-0.15, -0.1) is 15.3 Å². The number of fused-ring (bicyclic) bond motifs is 1. The third-order valence-electron chi connectivity index (χ3n) is 5.06. The maximum atomic E-state index is 12.5. The van der Waals surface area contributed by atoms with Gasteiger partial charge in [0.15, 0.2) is 11.5 Å². The van der Waals surface area contributed by atoms with Crippen molar-refractivity contribution < 1.29 is 4.79 Å². The van der Waals surface area contributed by atoms with Crippen molar-refractivity contribution in [3.63, 3.8) is 0 Å². The zero-order valence-electron chi connectivity index (χ0n) is 17.0. The van der Waals surface area contributed by atoms with E-state index in [2.05, 4.69) is 31.8 Å². The number of hydrogen-bond acceptors (Lipinski definition) is 5. The molecular formula is C21H23N7O. The van der Waals surface area contributed by atoms with Crippen LogP contribution >= 0.6 is 0 Å². The summed E-state index contributed by atoms with van der Waals surface area (Å²) in [6.07, 6.45) is 2.56. The molecule has 3 heterocycles. The second-order valence-corrected chi connectivity index (χ2v) is 7.25. The normalized spacial score (nSPS) is 11.2. The molecule has 8 heteroatoms. The third-order valence-corrected chi connectivity index (χ3v) is 5.06. The third kappa shape index (κ3) is 3.73. The van der Waals surface area contributed by atoms with Gasteiger partial charge in [-0.05, 0) is 63.4 Å². The van der Waals surface area contributed by atoms with E-state index in [1.807, 2.05) is 52.0 Å². The molecule has 8 nitrogen and oxygen atoms in total. The van der Waals surface area contributed by atoms with E-state index in [0.29, 0.717) is 24.3 Å². The lowest BCUT2D eigenvalue weighted by atomic mass is 10.1. The lowest BCUT2D eigenvalue weighted by Gasteiger charge is -2.09. The molecule has 3 aromatic heterocycles. The Labute approximate surface area is 168 Å². The number of nitrogens with one attached hydrogen (secondary N) is 1. The highest BCUT2D eigenvalue weighted by molar-refractivity contribution is 5.91. The Balaban J connectivity index is 1.50. The molecule has 1 N–H and O–H groups in total. The van der Waals surface area contributed by atoms with Gasteiger partial charge >= 0.3 is 0 Å². The van der Waals surface area contributed by atoms with E-state index in [1.54, 1.807) is 15.5 Å². The fourth-order valence-corrected chi connectivity index (χ4v) is 3.50. The molecule has 0 atom stereocenters. The van der Waals surface area contributed by atoms with Crippen molar-refractivity contribution in [1.29, 1.82) is 0 Å². The second kappa shape index (κ2) is 7.46. The van der Waals surface area contributed by atoms with Crippen LogP contribution in [0.15, 0.2) is 36.7 Å². The summed E-state index contributed by atoms with van der Waals surface area (Å²) in [5, 5.41) is 20.0. The molecule has 0 bridgehead atoms. The first-order valence-corrected chi connectivity index (χ1v) is 9.52. The predicted octanol–water partition coefficient (Wildman–Crippen LogP) is 3.11. The molecule has 0 aliphatic carbocycles. The van der Waals surface area contributed by atoms with Crippen molar-refractivity contribution in [3.8, 4) is 5.82 Å². The van der Waals surface area contributed by atoms with Crippen molar-refractivity contribution >= 4 is 17.2 Å². The highest BCUT2D eigenvalue weighted by atomic mass is 16.1. The minimum absolute atomic E-state index is 0.00691. The summed E-state index contributed by atoms with van der Waals surface area (Å²) >= 11 is 0. The number of rotatable bonds is 5. The topological polar surface area (TPSA) is 90.0 Å². The van der Waals surface area contributed by atoms with Gasteiger partial charge in [0.2, 0.25) is 5.91 Å². The van der Waals surface area contributed by atoms with Gasteiger partial charge in [-0.2, -0.15) is 9.61 Å². The van der Waals surface area contributed by atoms with Crippen LogP contribution in [-0.4, -0.2) is 35.5 Å². The fourth-order valence-electron chi connectivity index (χ4n) is 3.50. The van der Waals surface area contributed by atoms with E-state index in [4.69, 9.17) is 0 Å². The molecule has 0 saturated carbocycles. The molecule has 4 aromatic rings. The Kier molecular flexibility index (Phi) is 4.84. The molecule has 0 aliphatic heterocycles. The van der Waals surface area contributed by atoms with Crippen molar-refractivity contribution in [2.75, 3.05) is 5.32 Å². The standard InChI is InChI=1S/C21H23N7O/c1-13-5-7-18(14(2)11-13)23-21(29)10-6-17-15(3)25-28(16(17)4)20-9-8-19-24-22-12-27(19)26-20/h5,7-9,11-12H,6,10H2,1-4H3,(H,23,29). The van der Waals surface area contributed by atoms with Gasteiger partial charge in [0.25, 0.3) is 0 Å². The number of hydrogen-bond donors (Lipinski definition) is 1. The van der Waals surface area contributed by atoms with Crippen LogP contribution in [-0.2, 0) is 11.2 Å². The van der Waals surface area contributed by atoms with Gasteiger partial charge in [0.05, 0.1) is 5.69 Å². The second-order valence-electron chi connectivity index (χ2n) is 7.25. The van der Waals surface area contributed by atoms with Crippen LogP contribution in [0.4, 0.5) is 5.69 Å². The number of aryl methyl sites for hydroxylation is 3. The number of nitrogens with zero attached hydrogens (tertiary/aromatic N) is 6. The summed E-state index contributed by atoms with van der Waals surface area (Å²) < 4.78 is 3.41. The largest absolute Gasteiger partial charge is 0.326 e. The van der Waals surface area contributed by atoms with Gasteiger partial charge in [0.1, 0.15) is 6.33 Å². The van der Waals surface area contributed by atoms with Gasteiger partial charge in [-0.25, -0.2) is 4.68 Å². The van der Waals surface area contributed by atoms with Gasteiger partial charge in [0, 0.05) is 17.8 Å². The summed E-state index contributed by atoms with van der Waals surface area (Å²) in [6, 6.07) is 9.72. The maximum absolute atomic E-state index is 12.5. The quantitative estimate of drug-likeness (QED) is 0.566. The molecule has 1 amide bonds. The Bertz CT molecular complexity index is 1210. The molecule has 0 fully saturated rings. The van der Waals surface area contributed by atoms with E-state index in [1.165, 1.54) is 5.56 Å². The number of aromatic nitrogens is 6. The summed E-state index contributed by atoms with van der Waals surface area (Å²) in [7, 11) is 0. The zero-order chi connectivity index (χ0) is 20.5. The zero-order valence-corrected chi connectivity index (χ0v) is 17.0. The number of carbonyl (C=O) groups is 1. The van der Waals surface area contributed by atoms with Crippen LogP contribution in [0.2, 0.25) is 0 Å². The van der Waals surface area contributed by atoms with E-state index in [9.17, 15) is 4.79 Å². The van der Waals surface area contributed by atoms with Crippen LogP contribution < -0.4 is 5.32 Å². The summed E-state index contributed by atoms with van der Waals surface area (Å²) in [5.41, 5.74) is 6.71. The van der Waals surface area contributed by atoms with E-state index in [0.717, 1.165) is 28.2 Å². The SMILES string of the molecule is Cc1ccc(NC(=O)CCc2c(C)nn(-c3ccc4nncn4n3)c2C)c(C)c1. The first-order chi connectivity index (χ1) is 13.9. The van der Waals surface area contributed by atoms with Crippen LogP contribution in [0.3, 0.4) is 0 Å². The first kappa shape index (κ1) is 18.8. The van der Waals surface area contributed by atoms with Crippen molar-refractivity contribution in [1.82, 2.24) is 29.6 Å². The Morgan fingerprint density at radius 1 is 1.07 bits per heavy atom. The maximum Gasteiger partial charge on any atom is 0.224 e. The summed E-state index contributed by atoms with van der Waals surface area (Å²) in [5.74, 6) is 0.677. The van der Waals surface area contributed by atoms with E-state index < -0.39 is 0 Å². The molecule has 0 unspecified atom stereocenters. The average molecular weight is 389 g/mol. The molecular weight excluding hydrogens is 366 g/mol. The van der Waals surface area contributed by atoms with Crippen molar-refractivity contribution in [2.45, 2.75) is 40.5 Å². The lowest BCUT2D eigenvalue weighted by molar-refractivity contribution is -0.116. The van der Waals surface area contributed by atoms with Gasteiger partial charge < -0.3 is 5.32 Å². The molecule has 0 radical (unpaired) electrons. The highest BCUT2D eigenvalue weighted by Crippen LogP contribution is 2.20. The molecule has 0 spiro atoms. The molecule has 0 aliphatic rings. The Hall–Kier alpha value is -3.55. The number of carbonyl (C=O) groups excluding carboxylic acids is 1. The monoisotopic (exact) mass is 389 g/mol. The number of benzene rings is 1. The van der Waals surface area contributed by atoms with E-state index in [-0.39, 0.29) is 5.91 Å². The predicted molar refractivity (Wildman–Crippen MR) is 110 cm³/mol. The van der Waals surface area contributed by atoms with Crippen LogP contribution in [0.5, 0.6) is 0 Å². The van der Waals surface area contributed by atoms with Gasteiger partial charge in [-0.3, -0.25) is 4.79 Å². The van der Waals surface area contributed by atoms with Crippen molar-refractivity contribution in [2.24, 2.45) is 0 Å². The summed E-state index contributed by atoms with van der Waals surface area (Å²) in [6.45, 7) is 7.99. The molecule has 0 saturated heterocycles. The minimum Gasteiger partial charge on any atom is -0.326 e. The fraction of sp³-hybridized carbons (Fsp3) is 0.286. The van der Waals surface area contributed by atoms with Crippen LogP contribution in [0, 0.1) is 27.7 Å². The highest BCUT2D eigenvalue weighted by Gasteiger charge is 2.16. The Morgan fingerprint density at radius 2 is 1.90 bits per heavy atom. The molecule has 148 valence electrons. The minimum atomic E-state index is -0.00691. The average Bonchev–Trinajstić information content (AvgIpc) is 3.26. The van der Waals surface area contributed by atoms with Gasteiger partial charge in [-0.1, -0.05) is 17.7 Å². The lowest BCUT2D eigenvalue weighted by Crippen LogP contribution is -2.13. The number of amides is 1. The molecule has 4 rings (SSSR count). The van der Waals surface area contributed by atoms with Crippen LogP contribution in [0.1, 0.15) is 34.5 Å². The number of anilines is 1. The smallest absolute Gasteiger partial charge is 0.224 e. The first-order valence-electron chi connectivity index (χ1n) is 9.52. The molecule has 1 aromatic carbocycles. The van der Waals surface area contributed by atoms with E-state index >= 15 is 0 Å². The summed E-state index contributed by atoms with van der Waals surface area (Å²) in [4.78, 5) is 12.5.